The van der Waals surface area contributed by atoms with E-state index in [0.29, 0.717) is 0 Å². The van der Waals surface area contributed by atoms with Crippen molar-refractivity contribution in [2.75, 3.05) is 11.4 Å². The van der Waals surface area contributed by atoms with Crippen LogP contribution in [-0.2, 0) is 0 Å². The van der Waals surface area contributed by atoms with Crippen molar-refractivity contribution >= 4 is 22.7 Å². The van der Waals surface area contributed by atoms with Crippen LogP contribution in [0.15, 0.2) is 90.4 Å². The zero-order valence-corrected chi connectivity index (χ0v) is 13.8. The molecule has 0 amide bonds. The van der Waals surface area contributed by atoms with Gasteiger partial charge >= 0.3 is 0 Å². The topological polar surface area (TPSA) is 41.4 Å². The van der Waals surface area contributed by atoms with Crippen LogP contribution >= 0.6 is 0 Å². The Balaban J connectivity index is 1.72. The SMILES string of the molecule is C1=C(c2ccccn2)CC(=Nc2cccnc2)CN1c1ccccc1. The number of benzene rings is 1. The van der Waals surface area contributed by atoms with E-state index in [9.17, 15) is 0 Å². The summed E-state index contributed by atoms with van der Waals surface area (Å²) in [6.07, 6.45) is 8.35. The van der Waals surface area contributed by atoms with Crippen molar-refractivity contribution < 1.29 is 0 Å². The summed E-state index contributed by atoms with van der Waals surface area (Å²) in [6, 6.07) is 20.2. The Morgan fingerprint density at radius 2 is 1.76 bits per heavy atom. The van der Waals surface area contributed by atoms with Gasteiger partial charge in [-0.3, -0.25) is 15.0 Å². The molecule has 1 aliphatic rings. The van der Waals surface area contributed by atoms with E-state index in [1.54, 1.807) is 12.4 Å². The van der Waals surface area contributed by atoms with Gasteiger partial charge in [-0.15, -0.1) is 0 Å². The predicted molar refractivity (Wildman–Crippen MR) is 102 cm³/mol. The smallest absolute Gasteiger partial charge is 0.0813 e. The van der Waals surface area contributed by atoms with Gasteiger partial charge < -0.3 is 4.90 Å². The van der Waals surface area contributed by atoms with Crippen LogP contribution in [0.4, 0.5) is 11.4 Å². The van der Waals surface area contributed by atoms with Crippen molar-refractivity contribution in [2.24, 2.45) is 4.99 Å². The molecule has 0 aliphatic carbocycles. The highest BCUT2D eigenvalue weighted by molar-refractivity contribution is 6.01. The highest BCUT2D eigenvalue weighted by Gasteiger charge is 2.19. The number of para-hydroxylation sites is 1. The second kappa shape index (κ2) is 7.09. The van der Waals surface area contributed by atoms with Crippen LogP contribution in [0.25, 0.3) is 5.57 Å². The molecule has 1 aromatic carbocycles. The number of allylic oxidation sites excluding steroid dienone is 1. The van der Waals surface area contributed by atoms with Crippen molar-refractivity contribution in [3.8, 4) is 0 Å². The lowest BCUT2D eigenvalue weighted by Gasteiger charge is -2.28. The highest BCUT2D eigenvalue weighted by Crippen LogP contribution is 2.27. The third kappa shape index (κ3) is 3.63. The van der Waals surface area contributed by atoms with Gasteiger partial charge in [0, 0.05) is 36.4 Å². The number of anilines is 1. The minimum Gasteiger partial charge on any atom is -0.342 e. The second-order valence-electron chi connectivity index (χ2n) is 5.90. The summed E-state index contributed by atoms with van der Waals surface area (Å²) in [6.45, 7) is 0.759. The van der Waals surface area contributed by atoms with E-state index in [2.05, 4.69) is 45.3 Å². The number of pyridine rings is 2. The molecule has 0 spiro atoms. The minimum atomic E-state index is 0.759. The maximum absolute atomic E-state index is 4.81. The molecule has 0 saturated heterocycles. The van der Waals surface area contributed by atoms with Gasteiger partial charge in [0.15, 0.2) is 0 Å². The molecule has 4 heteroatoms. The minimum absolute atomic E-state index is 0.759. The molecule has 1 aliphatic heterocycles. The third-order valence-corrected chi connectivity index (χ3v) is 4.07. The van der Waals surface area contributed by atoms with Gasteiger partial charge in [-0.25, -0.2) is 0 Å². The number of rotatable bonds is 3. The lowest BCUT2D eigenvalue weighted by molar-refractivity contribution is 1.06. The Hall–Kier alpha value is -3.27. The molecule has 0 fully saturated rings. The summed E-state index contributed by atoms with van der Waals surface area (Å²) in [5.74, 6) is 0. The van der Waals surface area contributed by atoms with Crippen LogP contribution in [0.3, 0.4) is 0 Å². The van der Waals surface area contributed by atoms with Gasteiger partial charge in [0.25, 0.3) is 0 Å². The summed E-state index contributed by atoms with van der Waals surface area (Å²) >= 11 is 0. The Morgan fingerprint density at radius 3 is 2.52 bits per heavy atom. The van der Waals surface area contributed by atoms with Crippen molar-refractivity contribution in [2.45, 2.75) is 6.42 Å². The fraction of sp³-hybridized carbons (Fsp3) is 0.0952. The highest BCUT2D eigenvalue weighted by atomic mass is 15.1. The Kier molecular flexibility index (Phi) is 4.33. The molecule has 0 unspecified atom stereocenters. The van der Waals surface area contributed by atoms with Crippen LogP contribution < -0.4 is 4.90 Å². The molecule has 0 saturated carbocycles. The monoisotopic (exact) mass is 326 g/mol. The predicted octanol–water partition coefficient (Wildman–Crippen LogP) is 4.50. The molecule has 122 valence electrons. The zero-order chi connectivity index (χ0) is 16.9. The summed E-state index contributed by atoms with van der Waals surface area (Å²) < 4.78 is 0. The zero-order valence-electron chi connectivity index (χ0n) is 13.8. The summed E-state index contributed by atoms with van der Waals surface area (Å²) in [5.41, 5.74) is 5.28. The number of hydrogen-bond acceptors (Lipinski definition) is 4. The van der Waals surface area contributed by atoms with Crippen LogP contribution in [0, 0.1) is 0 Å². The van der Waals surface area contributed by atoms with E-state index in [1.165, 1.54) is 5.57 Å². The van der Waals surface area contributed by atoms with Crippen LogP contribution in [0.2, 0.25) is 0 Å². The van der Waals surface area contributed by atoms with Crippen LogP contribution in [-0.4, -0.2) is 22.2 Å². The molecule has 0 N–H and O–H groups in total. The first-order valence-electron chi connectivity index (χ1n) is 8.29. The van der Waals surface area contributed by atoms with Crippen LogP contribution in [0.1, 0.15) is 12.1 Å². The standard InChI is InChI=1S/C21H18N4/c1-2-8-20(9-3-1)25-15-17(21-10-4-5-12-23-21)13-19(16-25)24-18-7-6-11-22-14-18/h1-12,14-15H,13,16H2. The molecule has 25 heavy (non-hydrogen) atoms. The van der Waals surface area contributed by atoms with Gasteiger partial charge in [-0.05, 0) is 42.0 Å². The van der Waals surface area contributed by atoms with Gasteiger partial charge in [0.05, 0.1) is 24.1 Å². The van der Waals surface area contributed by atoms with Crippen molar-refractivity contribution in [3.05, 3.63) is 91.1 Å². The molecule has 3 heterocycles. The number of aromatic nitrogens is 2. The normalized spacial score (nSPS) is 15.9. The van der Waals surface area contributed by atoms with E-state index in [-0.39, 0.29) is 0 Å². The van der Waals surface area contributed by atoms with E-state index < -0.39 is 0 Å². The Bertz CT molecular complexity index is 887. The average molecular weight is 326 g/mol. The largest absolute Gasteiger partial charge is 0.342 e. The number of nitrogens with zero attached hydrogens (tertiary/aromatic N) is 4. The Morgan fingerprint density at radius 1 is 0.880 bits per heavy atom. The molecule has 0 radical (unpaired) electrons. The first-order chi connectivity index (χ1) is 12.4. The first-order valence-corrected chi connectivity index (χ1v) is 8.29. The molecule has 3 aromatic rings. The van der Waals surface area contributed by atoms with Gasteiger partial charge in [0.1, 0.15) is 0 Å². The van der Waals surface area contributed by atoms with Crippen molar-refractivity contribution in [1.29, 1.82) is 0 Å². The first kappa shape index (κ1) is 15.3. The average Bonchev–Trinajstić information content (AvgIpc) is 2.70. The fourth-order valence-corrected chi connectivity index (χ4v) is 2.92. The maximum Gasteiger partial charge on any atom is 0.0813 e. The lowest BCUT2D eigenvalue weighted by atomic mass is 10.0. The number of aliphatic imine (C=N–C) groups is 1. The fourth-order valence-electron chi connectivity index (χ4n) is 2.92. The molecule has 0 atom stereocenters. The van der Waals surface area contributed by atoms with E-state index >= 15 is 0 Å². The third-order valence-electron chi connectivity index (χ3n) is 4.07. The van der Waals surface area contributed by atoms with Crippen molar-refractivity contribution in [1.82, 2.24) is 9.97 Å². The van der Waals surface area contributed by atoms with E-state index in [4.69, 9.17) is 4.99 Å². The lowest BCUT2D eigenvalue weighted by Crippen LogP contribution is -2.29. The summed E-state index contributed by atoms with van der Waals surface area (Å²) in [4.78, 5) is 15.7. The molecule has 2 aromatic heterocycles. The second-order valence-corrected chi connectivity index (χ2v) is 5.90. The van der Waals surface area contributed by atoms with Gasteiger partial charge in [-0.1, -0.05) is 24.3 Å². The molecular formula is C21H18N4. The van der Waals surface area contributed by atoms with E-state index in [1.807, 2.05) is 42.6 Å². The molecule has 4 rings (SSSR count). The number of hydrogen-bond donors (Lipinski definition) is 0. The summed E-state index contributed by atoms with van der Waals surface area (Å²) in [7, 11) is 0. The van der Waals surface area contributed by atoms with Crippen LogP contribution in [0.5, 0.6) is 0 Å². The van der Waals surface area contributed by atoms with Gasteiger partial charge in [0.2, 0.25) is 0 Å². The molecule has 0 bridgehead atoms. The van der Waals surface area contributed by atoms with Gasteiger partial charge in [-0.2, -0.15) is 0 Å². The van der Waals surface area contributed by atoms with E-state index in [0.717, 1.165) is 35.7 Å². The quantitative estimate of drug-likeness (QED) is 0.711. The maximum atomic E-state index is 4.81. The Labute approximate surface area is 147 Å². The molecule has 4 nitrogen and oxygen atoms in total. The van der Waals surface area contributed by atoms with Crippen molar-refractivity contribution in [3.63, 3.8) is 0 Å². The molecular weight excluding hydrogens is 308 g/mol. The summed E-state index contributed by atoms with van der Waals surface area (Å²) in [5, 5.41) is 0.